The van der Waals surface area contributed by atoms with Crippen molar-refractivity contribution >= 4 is 0 Å². The summed E-state index contributed by atoms with van der Waals surface area (Å²) in [6.07, 6.45) is 5.58. The van der Waals surface area contributed by atoms with Crippen LogP contribution in [-0.2, 0) is 6.54 Å². The molecule has 0 aliphatic heterocycles. The molecule has 0 bridgehead atoms. The zero-order valence-corrected chi connectivity index (χ0v) is 16.8. The Bertz CT molecular complexity index is 1110. The Balaban J connectivity index is 1.54. The maximum Gasteiger partial charge on any atom is 0.125 e. The van der Waals surface area contributed by atoms with E-state index in [1.165, 1.54) is 23.3 Å². The van der Waals surface area contributed by atoms with Gasteiger partial charge in [-0.1, -0.05) is 23.8 Å². The van der Waals surface area contributed by atoms with Gasteiger partial charge < -0.3 is 5.32 Å². The van der Waals surface area contributed by atoms with E-state index >= 15 is 0 Å². The van der Waals surface area contributed by atoms with Gasteiger partial charge in [0.1, 0.15) is 5.82 Å². The number of aromatic nitrogens is 4. The molecule has 2 aromatic carbocycles. The number of hydrogen-bond donors (Lipinski definition) is 1. The van der Waals surface area contributed by atoms with Crippen molar-refractivity contribution in [1.29, 1.82) is 0 Å². The highest BCUT2D eigenvalue weighted by atomic mass is 19.1. The van der Waals surface area contributed by atoms with E-state index in [4.69, 9.17) is 0 Å². The molecule has 1 unspecified atom stereocenters. The van der Waals surface area contributed by atoms with Gasteiger partial charge in [-0.25, -0.2) is 13.8 Å². The van der Waals surface area contributed by atoms with Gasteiger partial charge >= 0.3 is 0 Å². The molecular formula is C23H24FN5. The van der Waals surface area contributed by atoms with Crippen LogP contribution < -0.4 is 5.32 Å². The lowest BCUT2D eigenvalue weighted by Gasteiger charge is -2.17. The molecule has 0 fully saturated rings. The van der Waals surface area contributed by atoms with Crippen molar-refractivity contribution in [2.75, 3.05) is 0 Å². The number of halogens is 1. The van der Waals surface area contributed by atoms with Crippen molar-refractivity contribution in [2.24, 2.45) is 0 Å². The van der Waals surface area contributed by atoms with Crippen molar-refractivity contribution in [1.82, 2.24) is 24.9 Å². The van der Waals surface area contributed by atoms with E-state index in [1.54, 1.807) is 16.9 Å². The molecule has 0 saturated carbocycles. The van der Waals surface area contributed by atoms with Crippen LogP contribution in [0.4, 0.5) is 4.39 Å². The second kappa shape index (κ2) is 8.01. The number of aryl methyl sites for hydroxylation is 1. The third-order valence-corrected chi connectivity index (χ3v) is 5.15. The summed E-state index contributed by atoms with van der Waals surface area (Å²) in [5, 5.41) is 12.4. The van der Waals surface area contributed by atoms with Crippen molar-refractivity contribution in [3.05, 3.63) is 95.3 Å². The van der Waals surface area contributed by atoms with Gasteiger partial charge in [0.15, 0.2) is 0 Å². The molecule has 6 heteroatoms. The van der Waals surface area contributed by atoms with Crippen LogP contribution in [-0.4, -0.2) is 19.6 Å². The summed E-state index contributed by atoms with van der Waals surface area (Å²) in [7, 11) is 0. The number of benzene rings is 2. The molecule has 2 heterocycles. The minimum absolute atomic E-state index is 0.0864. The van der Waals surface area contributed by atoms with E-state index in [0.29, 0.717) is 6.54 Å². The van der Waals surface area contributed by atoms with Crippen LogP contribution in [0.2, 0.25) is 0 Å². The monoisotopic (exact) mass is 389 g/mol. The number of rotatable bonds is 6. The van der Waals surface area contributed by atoms with Crippen LogP contribution in [0.3, 0.4) is 0 Å². The van der Waals surface area contributed by atoms with Crippen molar-refractivity contribution in [2.45, 2.75) is 33.4 Å². The molecule has 0 saturated heterocycles. The van der Waals surface area contributed by atoms with Crippen LogP contribution in [0.1, 0.15) is 35.3 Å². The molecule has 0 aliphatic carbocycles. The lowest BCUT2D eigenvalue weighted by atomic mass is 10.1. The second-order valence-corrected chi connectivity index (χ2v) is 7.26. The van der Waals surface area contributed by atoms with Gasteiger partial charge in [0.25, 0.3) is 0 Å². The van der Waals surface area contributed by atoms with Crippen LogP contribution in [0.25, 0.3) is 11.4 Å². The van der Waals surface area contributed by atoms with Crippen molar-refractivity contribution in [3.8, 4) is 11.4 Å². The first-order chi connectivity index (χ1) is 14.0. The summed E-state index contributed by atoms with van der Waals surface area (Å²) >= 11 is 0. The van der Waals surface area contributed by atoms with Crippen molar-refractivity contribution in [3.63, 3.8) is 0 Å². The Labute approximate surface area is 169 Å². The van der Waals surface area contributed by atoms with E-state index < -0.39 is 0 Å². The molecule has 1 N–H and O–H groups in total. The summed E-state index contributed by atoms with van der Waals surface area (Å²) in [6.45, 7) is 6.91. The van der Waals surface area contributed by atoms with Crippen molar-refractivity contribution < 1.29 is 4.39 Å². The van der Waals surface area contributed by atoms with E-state index in [9.17, 15) is 4.39 Å². The van der Waals surface area contributed by atoms with Gasteiger partial charge in [-0.05, 0) is 56.7 Å². The zero-order valence-electron chi connectivity index (χ0n) is 16.8. The van der Waals surface area contributed by atoms with E-state index in [0.717, 1.165) is 22.6 Å². The first-order valence-electron chi connectivity index (χ1n) is 9.66. The van der Waals surface area contributed by atoms with Gasteiger partial charge in [0, 0.05) is 36.2 Å². The first kappa shape index (κ1) is 19.1. The van der Waals surface area contributed by atoms with E-state index in [2.05, 4.69) is 47.6 Å². The van der Waals surface area contributed by atoms with Gasteiger partial charge in [-0.3, -0.25) is 0 Å². The third-order valence-electron chi connectivity index (χ3n) is 5.15. The lowest BCUT2D eigenvalue weighted by molar-refractivity contribution is 0.569. The normalized spacial score (nSPS) is 12.3. The summed E-state index contributed by atoms with van der Waals surface area (Å²) < 4.78 is 17.2. The molecule has 1 atom stereocenters. The quantitative estimate of drug-likeness (QED) is 0.522. The molecule has 0 aliphatic rings. The maximum atomic E-state index is 13.6. The van der Waals surface area contributed by atoms with Crippen LogP contribution >= 0.6 is 0 Å². The summed E-state index contributed by atoms with van der Waals surface area (Å²) in [6, 6.07) is 14.9. The van der Waals surface area contributed by atoms with E-state index in [-0.39, 0.29) is 11.9 Å². The van der Waals surface area contributed by atoms with Gasteiger partial charge in [-0.2, -0.15) is 10.2 Å². The number of nitrogens with zero attached hydrogens (tertiary/aromatic N) is 4. The molecule has 4 aromatic rings. The van der Waals surface area contributed by atoms with E-state index in [1.807, 2.05) is 36.1 Å². The minimum atomic E-state index is -0.268. The third kappa shape index (κ3) is 3.98. The molecular weight excluding hydrogens is 365 g/mol. The summed E-state index contributed by atoms with van der Waals surface area (Å²) in [5.74, 6) is -0.268. The first-order valence-corrected chi connectivity index (χ1v) is 9.66. The molecule has 0 spiro atoms. The summed E-state index contributed by atoms with van der Waals surface area (Å²) in [4.78, 5) is 0. The average Bonchev–Trinajstić information content (AvgIpc) is 3.36. The lowest BCUT2D eigenvalue weighted by Crippen LogP contribution is -2.20. The van der Waals surface area contributed by atoms with Crippen LogP contribution in [0.5, 0.6) is 0 Å². The topological polar surface area (TPSA) is 47.7 Å². The molecule has 0 amide bonds. The molecule has 29 heavy (non-hydrogen) atoms. The standard InChI is InChI=1S/C23H24FN5/c1-16-8-9-23(28-11-5-10-26-28)19(12-16)14-25-17(2)22-15-27-29(18(22)3)21-7-4-6-20(24)13-21/h4-13,15,17,25H,14H2,1-3H3. The van der Waals surface area contributed by atoms with Crippen LogP contribution in [0, 0.1) is 19.7 Å². The number of hydrogen-bond acceptors (Lipinski definition) is 3. The Morgan fingerprint density at radius 2 is 1.93 bits per heavy atom. The SMILES string of the molecule is Cc1ccc(-n2cccn2)c(CNC(C)c2cnn(-c3cccc(F)c3)c2C)c1. The van der Waals surface area contributed by atoms with Gasteiger partial charge in [0.2, 0.25) is 0 Å². The fraction of sp³-hybridized carbons (Fsp3) is 0.217. The molecule has 148 valence electrons. The fourth-order valence-corrected chi connectivity index (χ4v) is 3.58. The smallest absolute Gasteiger partial charge is 0.125 e. The zero-order chi connectivity index (χ0) is 20.4. The highest BCUT2D eigenvalue weighted by Crippen LogP contribution is 2.22. The predicted octanol–water partition coefficient (Wildman–Crippen LogP) is 4.66. The Kier molecular flexibility index (Phi) is 5.27. The van der Waals surface area contributed by atoms with Gasteiger partial charge in [-0.15, -0.1) is 0 Å². The average molecular weight is 389 g/mol. The fourth-order valence-electron chi connectivity index (χ4n) is 3.58. The molecule has 2 aromatic heterocycles. The molecule has 5 nitrogen and oxygen atoms in total. The molecule has 0 radical (unpaired) electrons. The second-order valence-electron chi connectivity index (χ2n) is 7.26. The Hall–Kier alpha value is -3.25. The van der Waals surface area contributed by atoms with Crippen LogP contribution in [0.15, 0.2) is 67.1 Å². The minimum Gasteiger partial charge on any atom is -0.306 e. The maximum absolute atomic E-state index is 13.6. The highest BCUT2D eigenvalue weighted by molar-refractivity contribution is 5.43. The highest BCUT2D eigenvalue weighted by Gasteiger charge is 2.15. The Morgan fingerprint density at radius 3 is 2.69 bits per heavy atom. The number of nitrogens with one attached hydrogen (secondary N) is 1. The summed E-state index contributed by atoms with van der Waals surface area (Å²) in [5.41, 5.74) is 6.25. The molecule has 4 rings (SSSR count). The predicted molar refractivity (Wildman–Crippen MR) is 112 cm³/mol. The Morgan fingerprint density at radius 1 is 1.07 bits per heavy atom. The van der Waals surface area contributed by atoms with Gasteiger partial charge in [0.05, 0.1) is 17.6 Å². The largest absolute Gasteiger partial charge is 0.306 e.